The third-order valence-corrected chi connectivity index (χ3v) is 6.36. The first kappa shape index (κ1) is 19.2. The van der Waals surface area contributed by atoms with Gasteiger partial charge in [-0.15, -0.1) is 11.3 Å². The summed E-state index contributed by atoms with van der Waals surface area (Å²) in [5.74, 6) is 1.79. The third-order valence-electron chi connectivity index (χ3n) is 5.43. The highest BCUT2D eigenvalue weighted by atomic mass is 32.1. The molecule has 0 unspecified atom stereocenters. The average molecular weight is 402 g/mol. The van der Waals surface area contributed by atoms with Gasteiger partial charge >= 0.3 is 0 Å². The first-order valence-electron chi connectivity index (χ1n) is 9.84. The van der Waals surface area contributed by atoms with E-state index in [9.17, 15) is 4.79 Å². The van der Waals surface area contributed by atoms with Gasteiger partial charge in [0.1, 0.15) is 0 Å². The Labute approximate surface area is 170 Å². The second-order valence-corrected chi connectivity index (χ2v) is 8.33. The summed E-state index contributed by atoms with van der Waals surface area (Å²) in [7, 11) is 0. The summed E-state index contributed by atoms with van der Waals surface area (Å²) in [6, 6.07) is 10.2. The number of nitrogens with one attached hydrogen (secondary N) is 1. The Morgan fingerprint density at radius 1 is 1.18 bits per heavy atom. The molecule has 0 saturated carbocycles. The molecule has 1 fully saturated rings. The Bertz CT molecular complexity index is 788. The standard InChI is InChI=1S/C21H27N3O3S/c1-16(21(25)22-7-6-18-3-2-12-28-18)24-10-8-23(9-11-24)14-17-4-5-19-20(13-17)27-15-26-19/h2-5,12-13,16H,6-11,14-15H2,1H3,(H,22,25)/t16-/m0/s1. The largest absolute Gasteiger partial charge is 0.454 e. The van der Waals surface area contributed by atoms with Crippen molar-refractivity contribution in [3.05, 3.63) is 46.2 Å². The maximum atomic E-state index is 12.5. The molecule has 150 valence electrons. The molecule has 1 aromatic carbocycles. The van der Waals surface area contributed by atoms with Crippen LogP contribution in [-0.2, 0) is 17.8 Å². The number of ether oxygens (including phenoxy) is 2. The molecule has 1 amide bonds. The highest BCUT2D eigenvalue weighted by Gasteiger charge is 2.25. The van der Waals surface area contributed by atoms with E-state index in [1.54, 1.807) is 11.3 Å². The number of hydrogen-bond acceptors (Lipinski definition) is 6. The average Bonchev–Trinajstić information content (AvgIpc) is 3.39. The predicted octanol–water partition coefficient (Wildman–Crippen LogP) is 2.34. The Hall–Kier alpha value is -2.09. The smallest absolute Gasteiger partial charge is 0.237 e. The van der Waals surface area contributed by atoms with Crippen LogP contribution in [0, 0.1) is 0 Å². The van der Waals surface area contributed by atoms with Crippen LogP contribution in [0.5, 0.6) is 11.5 Å². The second kappa shape index (κ2) is 8.94. The number of benzene rings is 1. The summed E-state index contributed by atoms with van der Waals surface area (Å²) < 4.78 is 10.8. The highest BCUT2D eigenvalue weighted by Crippen LogP contribution is 2.32. The van der Waals surface area contributed by atoms with Crippen molar-refractivity contribution in [1.82, 2.24) is 15.1 Å². The molecule has 2 aliphatic rings. The minimum atomic E-state index is -0.0870. The lowest BCUT2D eigenvalue weighted by molar-refractivity contribution is -0.126. The summed E-state index contributed by atoms with van der Waals surface area (Å²) in [6.07, 6.45) is 0.902. The SMILES string of the molecule is C[C@@H](C(=O)NCCc1cccs1)N1CCN(Cc2ccc3c(c2)OCO3)CC1. The third kappa shape index (κ3) is 4.66. The molecule has 1 aromatic heterocycles. The van der Waals surface area contributed by atoms with Crippen LogP contribution in [0.25, 0.3) is 0 Å². The molecule has 4 rings (SSSR count). The predicted molar refractivity (Wildman–Crippen MR) is 110 cm³/mol. The molecular weight excluding hydrogens is 374 g/mol. The van der Waals surface area contributed by atoms with Crippen LogP contribution < -0.4 is 14.8 Å². The van der Waals surface area contributed by atoms with Crippen molar-refractivity contribution in [2.45, 2.75) is 25.9 Å². The van der Waals surface area contributed by atoms with Crippen LogP contribution in [0.2, 0.25) is 0 Å². The fraction of sp³-hybridized carbons (Fsp3) is 0.476. The van der Waals surface area contributed by atoms with Crippen LogP contribution >= 0.6 is 11.3 Å². The van der Waals surface area contributed by atoms with E-state index < -0.39 is 0 Å². The van der Waals surface area contributed by atoms with Crippen molar-refractivity contribution in [3.63, 3.8) is 0 Å². The molecule has 28 heavy (non-hydrogen) atoms. The van der Waals surface area contributed by atoms with Crippen molar-refractivity contribution in [3.8, 4) is 11.5 Å². The molecule has 3 heterocycles. The fourth-order valence-electron chi connectivity index (χ4n) is 3.68. The van der Waals surface area contributed by atoms with Gasteiger partial charge in [-0.3, -0.25) is 14.6 Å². The number of carbonyl (C=O) groups excluding carboxylic acids is 1. The molecule has 0 aliphatic carbocycles. The van der Waals surface area contributed by atoms with Gasteiger partial charge in [0.15, 0.2) is 11.5 Å². The van der Waals surface area contributed by atoms with Gasteiger partial charge < -0.3 is 14.8 Å². The van der Waals surface area contributed by atoms with E-state index in [1.807, 2.05) is 19.1 Å². The number of thiophene rings is 1. The van der Waals surface area contributed by atoms with E-state index in [-0.39, 0.29) is 11.9 Å². The minimum Gasteiger partial charge on any atom is -0.454 e. The summed E-state index contributed by atoms with van der Waals surface area (Å²) >= 11 is 1.74. The summed E-state index contributed by atoms with van der Waals surface area (Å²) in [4.78, 5) is 18.5. The molecule has 1 atom stereocenters. The Kier molecular flexibility index (Phi) is 6.14. The maximum absolute atomic E-state index is 12.5. The number of nitrogens with zero attached hydrogens (tertiary/aromatic N) is 2. The van der Waals surface area contributed by atoms with Crippen LogP contribution in [0.1, 0.15) is 17.4 Å². The summed E-state index contributed by atoms with van der Waals surface area (Å²) in [6.45, 7) is 7.65. The van der Waals surface area contributed by atoms with E-state index in [0.29, 0.717) is 13.3 Å². The summed E-state index contributed by atoms with van der Waals surface area (Å²) in [5, 5.41) is 5.15. The molecule has 6 nitrogen and oxygen atoms in total. The first-order chi connectivity index (χ1) is 13.7. The monoisotopic (exact) mass is 401 g/mol. The zero-order valence-corrected chi connectivity index (χ0v) is 17.0. The van der Waals surface area contributed by atoms with E-state index >= 15 is 0 Å². The quantitative estimate of drug-likeness (QED) is 0.772. The number of fused-ring (bicyclic) bond motifs is 1. The van der Waals surface area contributed by atoms with Gasteiger partial charge in [-0.1, -0.05) is 12.1 Å². The van der Waals surface area contributed by atoms with Crippen LogP contribution in [0.15, 0.2) is 35.7 Å². The van der Waals surface area contributed by atoms with Crippen LogP contribution in [-0.4, -0.2) is 61.3 Å². The minimum absolute atomic E-state index is 0.0870. The lowest BCUT2D eigenvalue weighted by atomic mass is 10.1. The van der Waals surface area contributed by atoms with Gasteiger partial charge in [-0.25, -0.2) is 0 Å². The number of amides is 1. The van der Waals surface area contributed by atoms with E-state index in [4.69, 9.17) is 9.47 Å². The molecular formula is C21H27N3O3S. The van der Waals surface area contributed by atoms with Crippen molar-refractivity contribution < 1.29 is 14.3 Å². The lowest BCUT2D eigenvalue weighted by Gasteiger charge is -2.37. The highest BCUT2D eigenvalue weighted by molar-refractivity contribution is 7.09. The zero-order valence-electron chi connectivity index (χ0n) is 16.2. The van der Waals surface area contributed by atoms with E-state index in [1.165, 1.54) is 10.4 Å². The maximum Gasteiger partial charge on any atom is 0.237 e. The Morgan fingerprint density at radius 2 is 2.00 bits per heavy atom. The molecule has 0 spiro atoms. The molecule has 2 aromatic rings. The topological polar surface area (TPSA) is 54.0 Å². The summed E-state index contributed by atoms with van der Waals surface area (Å²) in [5.41, 5.74) is 1.23. The van der Waals surface area contributed by atoms with Gasteiger partial charge in [0.25, 0.3) is 0 Å². The molecule has 1 saturated heterocycles. The van der Waals surface area contributed by atoms with Crippen LogP contribution in [0.3, 0.4) is 0 Å². The van der Waals surface area contributed by atoms with Gasteiger partial charge in [0.2, 0.25) is 12.7 Å². The number of rotatable bonds is 7. The molecule has 2 aliphatic heterocycles. The van der Waals surface area contributed by atoms with Gasteiger partial charge in [-0.2, -0.15) is 0 Å². The fourth-order valence-corrected chi connectivity index (χ4v) is 4.39. The molecule has 0 bridgehead atoms. The second-order valence-electron chi connectivity index (χ2n) is 7.30. The van der Waals surface area contributed by atoms with E-state index in [2.05, 4.69) is 38.7 Å². The van der Waals surface area contributed by atoms with Crippen molar-refractivity contribution >= 4 is 17.2 Å². The van der Waals surface area contributed by atoms with Crippen LogP contribution in [0.4, 0.5) is 0 Å². The Balaban J connectivity index is 1.20. The van der Waals surface area contributed by atoms with Crippen molar-refractivity contribution in [2.75, 3.05) is 39.5 Å². The number of hydrogen-bond donors (Lipinski definition) is 1. The van der Waals surface area contributed by atoms with E-state index in [0.717, 1.165) is 50.6 Å². The van der Waals surface area contributed by atoms with Crippen molar-refractivity contribution in [2.24, 2.45) is 0 Å². The van der Waals surface area contributed by atoms with Gasteiger partial charge in [-0.05, 0) is 42.5 Å². The lowest BCUT2D eigenvalue weighted by Crippen LogP contribution is -2.53. The molecule has 7 heteroatoms. The zero-order chi connectivity index (χ0) is 19.3. The number of carbonyl (C=O) groups is 1. The number of piperazine rings is 1. The molecule has 0 radical (unpaired) electrons. The van der Waals surface area contributed by atoms with Crippen molar-refractivity contribution in [1.29, 1.82) is 0 Å². The Morgan fingerprint density at radius 3 is 2.79 bits per heavy atom. The van der Waals surface area contributed by atoms with Gasteiger partial charge in [0.05, 0.1) is 6.04 Å². The first-order valence-corrected chi connectivity index (χ1v) is 10.7. The van der Waals surface area contributed by atoms with Gasteiger partial charge in [0, 0.05) is 44.1 Å². The normalized spacial score (nSPS) is 18.2. The molecule has 1 N–H and O–H groups in total.